The Balaban J connectivity index is 3.34. The second-order valence-electron chi connectivity index (χ2n) is 3.33. The Morgan fingerprint density at radius 1 is 1.38 bits per heavy atom. The zero-order valence-electron chi connectivity index (χ0n) is 8.25. The fraction of sp³-hybridized carbons (Fsp3) is 0.300. The molecule has 6 heteroatoms. The SMILES string of the molecule is CC(C(=O)O)c1ccc(O)cc1C(F)(F)F. The van der Waals surface area contributed by atoms with Gasteiger partial charge in [0, 0.05) is 0 Å². The van der Waals surface area contributed by atoms with Gasteiger partial charge in [-0.15, -0.1) is 0 Å². The van der Waals surface area contributed by atoms with Crippen LogP contribution in [0.1, 0.15) is 24.0 Å². The maximum absolute atomic E-state index is 12.5. The van der Waals surface area contributed by atoms with Crippen LogP contribution in [0.3, 0.4) is 0 Å². The van der Waals surface area contributed by atoms with Gasteiger partial charge >= 0.3 is 12.1 Å². The highest BCUT2D eigenvalue weighted by Crippen LogP contribution is 2.37. The van der Waals surface area contributed by atoms with Crippen molar-refractivity contribution in [2.45, 2.75) is 19.0 Å². The molecular weight excluding hydrogens is 225 g/mol. The summed E-state index contributed by atoms with van der Waals surface area (Å²) in [5, 5.41) is 17.6. The van der Waals surface area contributed by atoms with Gasteiger partial charge in [0.1, 0.15) is 5.75 Å². The van der Waals surface area contributed by atoms with E-state index in [4.69, 9.17) is 10.2 Å². The Labute approximate surface area is 89.1 Å². The first kappa shape index (κ1) is 12.4. The topological polar surface area (TPSA) is 57.5 Å². The van der Waals surface area contributed by atoms with E-state index >= 15 is 0 Å². The Bertz CT molecular complexity index is 412. The number of phenols is 1. The zero-order valence-corrected chi connectivity index (χ0v) is 8.25. The minimum atomic E-state index is -4.68. The summed E-state index contributed by atoms with van der Waals surface area (Å²) < 4.78 is 37.6. The van der Waals surface area contributed by atoms with Gasteiger partial charge in [-0.2, -0.15) is 13.2 Å². The molecule has 0 saturated carbocycles. The van der Waals surface area contributed by atoms with Crippen LogP contribution < -0.4 is 0 Å². The van der Waals surface area contributed by atoms with E-state index in [0.29, 0.717) is 6.07 Å². The van der Waals surface area contributed by atoms with Gasteiger partial charge in [-0.25, -0.2) is 0 Å². The van der Waals surface area contributed by atoms with Gasteiger partial charge in [-0.05, 0) is 24.6 Å². The smallest absolute Gasteiger partial charge is 0.416 e. The Morgan fingerprint density at radius 3 is 2.38 bits per heavy atom. The van der Waals surface area contributed by atoms with Crippen molar-refractivity contribution < 1.29 is 28.2 Å². The van der Waals surface area contributed by atoms with Crippen LogP contribution in [0.4, 0.5) is 13.2 Å². The number of aromatic hydroxyl groups is 1. The van der Waals surface area contributed by atoms with Crippen molar-refractivity contribution in [2.24, 2.45) is 0 Å². The second-order valence-corrected chi connectivity index (χ2v) is 3.33. The summed E-state index contributed by atoms with van der Waals surface area (Å²) in [5.41, 5.74) is -1.49. The molecule has 0 heterocycles. The van der Waals surface area contributed by atoms with Crippen molar-refractivity contribution in [2.75, 3.05) is 0 Å². The molecular formula is C10H9F3O3. The molecule has 0 spiro atoms. The van der Waals surface area contributed by atoms with Gasteiger partial charge in [-0.1, -0.05) is 6.07 Å². The van der Waals surface area contributed by atoms with Crippen molar-refractivity contribution in [3.05, 3.63) is 29.3 Å². The highest BCUT2D eigenvalue weighted by atomic mass is 19.4. The van der Waals surface area contributed by atoms with E-state index in [0.717, 1.165) is 19.1 Å². The van der Waals surface area contributed by atoms with Gasteiger partial charge in [0.05, 0.1) is 11.5 Å². The van der Waals surface area contributed by atoms with Crippen molar-refractivity contribution in [3.8, 4) is 5.75 Å². The van der Waals surface area contributed by atoms with Crippen LogP contribution in [0.5, 0.6) is 5.75 Å². The number of carboxylic acid groups (broad SMARTS) is 1. The van der Waals surface area contributed by atoms with Crippen LogP contribution in [0.25, 0.3) is 0 Å². The highest BCUT2D eigenvalue weighted by molar-refractivity contribution is 5.76. The van der Waals surface area contributed by atoms with Gasteiger partial charge in [0.15, 0.2) is 0 Å². The molecule has 3 nitrogen and oxygen atoms in total. The van der Waals surface area contributed by atoms with Crippen molar-refractivity contribution in [3.63, 3.8) is 0 Å². The summed E-state index contributed by atoms with van der Waals surface area (Å²) in [4.78, 5) is 10.6. The molecule has 1 unspecified atom stereocenters. The molecule has 0 aliphatic heterocycles. The second kappa shape index (κ2) is 4.03. The van der Waals surface area contributed by atoms with Crippen molar-refractivity contribution in [1.82, 2.24) is 0 Å². The quantitative estimate of drug-likeness (QED) is 0.826. The monoisotopic (exact) mass is 234 g/mol. The lowest BCUT2D eigenvalue weighted by Crippen LogP contribution is -2.15. The summed E-state index contributed by atoms with van der Waals surface area (Å²) in [7, 11) is 0. The van der Waals surface area contributed by atoms with E-state index in [1.165, 1.54) is 0 Å². The number of hydrogen-bond acceptors (Lipinski definition) is 2. The third-order valence-corrected chi connectivity index (χ3v) is 2.18. The number of carbonyl (C=O) groups is 1. The summed E-state index contributed by atoms with van der Waals surface area (Å²) in [6, 6.07) is 2.52. The molecule has 1 aromatic rings. The highest BCUT2D eigenvalue weighted by Gasteiger charge is 2.36. The molecule has 0 bridgehead atoms. The number of rotatable bonds is 2. The summed E-state index contributed by atoms with van der Waals surface area (Å²) >= 11 is 0. The van der Waals surface area contributed by atoms with Crippen molar-refractivity contribution in [1.29, 1.82) is 0 Å². The fourth-order valence-corrected chi connectivity index (χ4v) is 1.30. The minimum absolute atomic E-state index is 0.363. The number of halogens is 3. The predicted molar refractivity (Wildman–Crippen MR) is 49.2 cm³/mol. The summed E-state index contributed by atoms with van der Waals surface area (Å²) in [5.74, 6) is -3.18. The Kier molecular flexibility index (Phi) is 3.11. The molecule has 0 saturated heterocycles. The van der Waals surface area contributed by atoms with Crippen LogP contribution in [-0.4, -0.2) is 16.2 Å². The number of phenolic OH excluding ortho intramolecular Hbond substituents is 1. The Morgan fingerprint density at radius 2 is 1.94 bits per heavy atom. The number of carboxylic acids is 1. The predicted octanol–water partition coefficient (Wildman–Crippen LogP) is 2.60. The molecule has 0 fully saturated rings. The van der Waals surface area contributed by atoms with Gasteiger partial charge in [0.25, 0.3) is 0 Å². The first-order valence-corrected chi connectivity index (χ1v) is 4.36. The Hall–Kier alpha value is -1.72. The number of aliphatic carboxylic acids is 1. The molecule has 1 aromatic carbocycles. The van der Waals surface area contributed by atoms with Gasteiger partial charge < -0.3 is 10.2 Å². The van der Waals surface area contributed by atoms with Crippen LogP contribution >= 0.6 is 0 Å². The van der Waals surface area contributed by atoms with Gasteiger partial charge in [0.2, 0.25) is 0 Å². The van der Waals surface area contributed by atoms with Crippen LogP contribution in [0.2, 0.25) is 0 Å². The van der Waals surface area contributed by atoms with Crippen LogP contribution in [0.15, 0.2) is 18.2 Å². The maximum Gasteiger partial charge on any atom is 0.416 e. The third kappa shape index (κ3) is 2.44. The molecule has 1 atom stereocenters. The lowest BCUT2D eigenvalue weighted by atomic mass is 9.95. The molecule has 2 N–H and O–H groups in total. The normalized spacial score (nSPS) is 13.5. The average Bonchev–Trinajstić information content (AvgIpc) is 2.15. The first-order chi connectivity index (χ1) is 7.23. The lowest BCUT2D eigenvalue weighted by Gasteiger charge is -2.15. The molecule has 0 amide bonds. The minimum Gasteiger partial charge on any atom is -0.508 e. The molecule has 0 aromatic heterocycles. The number of benzene rings is 1. The molecule has 0 aliphatic rings. The van der Waals surface area contributed by atoms with E-state index in [1.807, 2.05) is 0 Å². The number of alkyl halides is 3. The van der Waals surface area contributed by atoms with E-state index in [9.17, 15) is 18.0 Å². The first-order valence-electron chi connectivity index (χ1n) is 4.36. The van der Waals surface area contributed by atoms with E-state index in [1.54, 1.807) is 0 Å². The summed E-state index contributed by atoms with van der Waals surface area (Å²) in [6.07, 6.45) is -4.68. The summed E-state index contributed by atoms with van der Waals surface area (Å²) in [6.45, 7) is 1.16. The fourth-order valence-electron chi connectivity index (χ4n) is 1.30. The van der Waals surface area contributed by atoms with E-state index < -0.39 is 29.4 Å². The third-order valence-electron chi connectivity index (χ3n) is 2.18. The van der Waals surface area contributed by atoms with E-state index in [2.05, 4.69) is 0 Å². The van der Waals surface area contributed by atoms with Gasteiger partial charge in [-0.3, -0.25) is 4.79 Å². The zero-order chi connectivity index (χ0) is 12.5. The standard InChI is InChI=1S/C10H9F3O3/c1-5(9(15)16)7-3-2-6(14)4-8(7)10(11,12)13/h2-5,14H,1H3,(H,15,16). The number of hydrogen-bond donors (Lipinski definition) is 2. The largest absolute Gasteiger partial charge is 0.508 e. The van der Waals surface area contributed by atoms with Crippen LogP contribution in [0, 0.1) is 0 Å². The molecule has 16 heavy (non-hydrogen) atoms. The molecule has 1 rings (SSSR count). The molecule has 88 valence electrons. The van der Waals surface area contributed by atoms with Crippen molar-refractivity contribution >= 4 is 5.97 Å². The molecule has 0 aliphatic carbocycles. The van der Waals surface area contributed by atoms with E-state index in [-0.39, 0.29) is 5.56 Å². The lowest BCUT2D eigenvalue weighted by molar-refractivity contribution is -0.141. The average molecular weight is 234 g/mol. The molecule has 0 radical (unpaired) electrons. The van der Waals surface area contributed by atoms with Crippen LogP contribution in [-0.2, 0) is 11.0 Å². The maximum atomic E-state index is 12.5.